The number of likely N-dealkylation sites (tertiary alicyclic amines) is 1. The average Bonchev–Trinajstić information content (AvgIpc) is 2.60. The maximum atomic E-state index is 12.6. The standard InChI is InChI=1S/C19H21N3O2/c23-18(12-16-8-4-10-20-13-16)21-17-9-5-11-22(19(17)24)14-15-6-2-1-3-7-15/h1-4,6-8,10,13,17H,5,9,11-12,14H2,(H,21,23)/t17-/m0/s1. The number of rotatable bonds is 5. The zero-order valence-electron chi connectivity index (χ0n) is 13.5. The van der Waals surface area contributed by atoms with Crippen molar-refractivity contribution in [2.24, 2.45) is 0 Å². The molecule has 0 saturated carbocycles. The molecule has 2 amide bonds. The van der Waals surface area contributed by atoms with Crippen LogP contribution in [0, 0.1) is 0 Å². The summed E-state index contributed by atoms with van der Waals surface area (Å²) in [5.41, 5.74) is 1.95. The van der Waals surface area contributed by atoms with Gasteiger partial charge in [0.25, 0.3) is 0 Å². The number of carbonyl (C=O) groups excluding carboxylic acids is 2. The molecule has 3 rings (SSSR count). The van der Waals surface area contributed by atoms with Crippen molar-refractivity contribution >= 4 is 11.8 Å². The molecule has 24 heavy (non-hydrogen) atoms. The van der Waals surface area contributed by atoms with Gasteiger partial charge < -0.3 is 10.2 Å². The van der Waals surface area contributed by atoms with Gasteiger partial charge in [-0.15, -0.1) is 0 Å². The second-order valence-corrected chi connectivity index (χ2v) is 6.05. The minimum atomic E-state index is -0.424. The highest BCUT2D eigenvalue weighted by Gasteiger charge is 2.29. The number of piperidine rings is 1. The summed E-state index contributed by atoms with van der Waals surface area (Å²) in [6, 6.07) is 13.2. The molecular weight excluding hydrogens is 302 g/mol. The van der Waals surface area contributed by atoms with Crippen molar-refractivity contribution < 1.29 is 9.59 Å². The van der Waals surface area contributed by atoms with E-state index < -0.39 is 6.04 Å². The fraction of sp³-hybridized carbons (Fsp3) is 0.316. The Balaban J connectivity index is 1.57. The van der Waals surface area contributed by atoms with Crippen LogP contribution in [0.5, 0.6) is 0 Å². The summed E-state index contributed by atoms with van der Waals surface area (Å²) in [6.45, 7) is 1.33. The molecule has 0 unspecified atom stereocenters. The van der Waals surface area contributed by atoms with Crippen molar-refractivity contribution in [1.29, 1.82) is 0 Å². The second-order valence-electron chi connectivity index (χ2n) is 6.05. The van der Waals surface area contributed by atoms with Crippen LogP contribution in [0.4, 0.5) is 0 Å². The van der Waals surface area contributed by atoms with Gasteiger partial charge in [0, 0.05) is 25.5 Å². The summed E-state index contributed by atoms with van der Waals surface area (Å²) in [4.78, 5) is 30.6. The van der Waals surface area contributed by atoms with Gasteiger partial charge in [-0.25, -0.2) is 0 Å². The van der Waals surface area contributed by atoms with Crippen LogP contribution in [-0.4, -0.2) is 34.3 Å². The first-order valence-electron chi connectivity index (χ1n) is 8.23. The molecule has 5 nitrogen and oxygen atoms in total. The third kappa shape index (κ3) is 4.19. The number of pyridine rings is 1. The highest BCUT2D eigenvalue weighted by molar-refractivity contribution is 5.88. The second kappa shape index (κ2) is 7.73. The minimum absolute atomic E-state index is 0.00430. The van der Waals surface area contributed by atoms with Crippen molar-refractivity contribution in [2.75, 3.05) is 6.54 Å². The van der Waals surface area contributed by atoms with E-state index in [4.69, 9.17) is 0 Å². The van der Waals surface area contributed by atoms with Crippen molar-refractivity contribution in [2.45, 2.75) is 31.8 Å². The van der Waals surface area contributed by atoms with Crippen LogP contribution in [0.25, 0.3) is 0 Å². The number of carbonyl (C=O) groups is 2. The molecule has 2 aromatic rings. The Morgan fingerprint density at radius 1 is 1.17 bits per heavy atom. The maximum Gasteiger partial charge on any atom is 0.245 e. The van der Waals surface area contributed by atoms with E-state index in [0.29, 0.717) is 13.0 Å². The highest BCUT2D eigenvalue weighted by Crippen LogP contribution is 2.15. The predicted molar refractivity (Wildman–Crippen MR) is 91.0 cm³/mol. The van der Waals surface area contributed by atoms with Crippen LogP contribution >= 0.6 is 0 Å². The van der Waals surface area contributed by atoms with Gasteiger partial charge in [0.1, 0.15) is 6.04 Å². The summed E-state index contributed by atoms with van der Waals surface area (Å²) in [6.07, 6.45) is 5.19. The summed E-state index contributed by atoms with van der Waals surface area (Å²) >= 11 is 0. The van der Waals surface area contributed by atoms with Crippen LogP contribution in [0.3, 0.4) is 0 Å². The lowest BCUT2D eigenvalue weighted by Gasteiger charge is -2.32. The van der Waals surface area contributed by atoms with Crippen LogP contribution < -0.4 is 5.32 Å². The summed E-state index contributed by atoms with van der Waals surface area (Å²) in [5.74, 6) is -0.132. The summed E-state index contributed by atoms with van der Waals surface area (Å²) in [5, 5.41) is 2.87. The fourth-order valence-electron chi connectivity index (χ4n) is 2.97. The normalized spacial score (nSPS) is 17.6. The van der Waals surface area contributed by atoms with Gasteiger partial charge >= 0.3 is 0 Å². The lowest BCUT2D eigenvalue weighted by Crippen LogP contribution is -2.52. The van der Waals surface area contributed by atoms with E-state index in [-0.39, 0.29) is 18.2 Å². The molecule has 0 aliphatic carbocycles. The third-order valence-corrected chi connectivity index (χ3v) is 4.17. The van der Waals surface area contributed by atoms with Crippen molar-refractivity contribution in [1.82, 2.24) is 15.2 Å². The molecule has 1 saturated heterocycles. The first-order chi connectivity index (χ1) is 11.7. The molecule has 0 spiro atoms. The smallest absolute Gasteiger partial charge is 0.245 e. The van der Waals surface area contributed by atoms with Crippen LogP contribution in [0.15, 0.2) is 54.9 Å². The van der Waals surface area contributed by atoms with Gasteiger partial charge in [0.15, 0.2) is 0 Å². The molecule has 2 heterocycles. The van der Waals surface area contributed by atoms with E-state index in [2.05, 4.69) is 10.3 Å². The minimum Gasteiger partial charge on any atom is -0.344 e. The number of nitrogens with one attached hydrogen (secondary N) is 1. The van der Waals surface area contributed by atoms with Crippen molar-refractivity contribution in [3.8, 4) is 0 Å². The van der Waals surface area contributed by atoms with Gasteiger partial charge in [-0.1, -0.05) is 36.4 Å². The van der Waals surface area contributed by atoms with Gasteiger partial charge in [0.05, 0.1) is 6.42 Å². The Labute approximate surface area is 141 Å². The zero-order chi connectivity index (χ0) is 16.8. The van der Waals surface area contributed by atoms with Gasteiger partial charge in [-0.05, 0) is 30.0 Å². The highest BCUT2D eigenvalue weighted by atomic mass is 16.2. The third-order valence-electron chi connectivity index (χ3n) is 4.17. The van der Waals surface area contributed by atoms with E-state index >= 15 is 0 Å². The van der Waals surface area contributed by atoms with E-state index in [1.54, 1.807) is 18.5 Å². The Hall–Kier alpha value is -2.69. The molecule has 5 heteroatoms. The monoisotopic (exact) mass is 323 g/mol. The molecule has 1 aliphatic rings. The van der Waals surface area contributed by atoms with Gasteiger partial charge in [-0.3, -0.25) is 14.6 Å². The van der Waals surface area contributed by atoms with Crippen LogP contribution in [0.2, 0.25) is 0 Å². The van der Waals surface area contributed by atoms with E-state index in [9.17, 15) is 9.59 Å². The van der Waals surface area contributed by atoms with Crippen molar-refractivity contribution in [3.05, 3.63) is 66.0 Å². The van der Waals surface area contributed by atoms with Crippen molar-refractivity contribution in [3.63, 3.8) is 0 Å². The molecule has 1 aromatic carbocycles. The molecule has 1 N–H and O–H groups in total. The predicted octanol–water partition coefficient (Wildman–Crippen LogP) is 1.93. The molecule has 0 bridgehead atoms. The number of benzene rings is 1. The van der Waals surface area contributed by atoms with Gasteiger partial charge in [0.2, 0.25) is 11.8 Å². The Morgan fingerprint density at radius 3 is 2.71 bits per heavy atom. The molecule has 124 valence electrons. The molecule has 0 radical (unpaired) electrons. The topological polar surface area (TPSA) is 62.3 Å². The van der Waals surface area contributed by atoms with E-state index in [1.807, 2.05) is 41.3 Å². The first-order valence-corrected chi connectivity index (χ1v) is 8.23. The molecule has 1 fully saturated rings. The number of nitrogens with zero attached hydrogens (tertiary/aromatic N) is 2. The molecule has 1 aromatic heterocycles. The SMILES string of the molecule is O=C(Cc1cccnc1)N[C@H]1CCCN(Cc2ccccc2)C1=O. The number of hydrogen-bond donors (Lipinski definition) is 1. The lowest BCUT2D eigenvalue weighted by atomic mass is 10.0. The first kappa shape index (κ1) is 16.2. The van der Waals surface area contributed by atoms with Gasteiger partial charge in [-0.2, -0.15) is 0 Å². The Bertz CT molecular complexity index is 688. The lowest BCUT2D eigenvalue weighted by molar-refractivity contribution is -0.139. The van der Waals surface area contributed by atoms with Crippen LogP contribution in [-0.2, 0) is 22.6 Å². The summed E-state index contributed by atoms with van der Waals surface area (Å²) < 4.78 is 0. The summed E-state index contributed by atoms with van der Waals surface area (Å²) in [7, 11) is 0. The average molecular weight is 323 g/mol. The van der Waals surface area contributed by atoms with E-state index in [0.717, 1.165) is 24.1 Å². The quantitative estimate of drug-likeness (QED) is 0.914. The van der Waals surface area contributed by atoms with Crippen LogP contribution in [0.1, 0.15) is 24.0 Å². The molecular formula is C19H21N3O2. The number of amides is 2. The van der Waals surface area contributed by atoms with E-state index in [1.165, 1.54) is 0 Å². The number of aromatic nitrogens is 1. The largest absolute Gasteiger partial charge is 0.344 e. The Kier molecular flexibility index (Phi) is 5.21. The zero-order valence-corrected chi connectivity index (χ0v) is 13.5. The number of hydrogen-bond acceptors (Lipinski definition) is 3. The molecule has 1 aliphatic heterocycles. The maximum absolute atomic E-state index is 12.6. The Morgan fingerprint density at radius 2 is 1.96 bits per heavy atom. The fourth-order valence-corrected chi connectivity index (χ4v) is 2.97. The molecule has 1 atom stereocenters.